The molecule has 0 saturated carbocycles. The molecule has 0 aliphatic heterocycles. The van der Waals surface area contributed by atoms with E-state index in [9.17, 15) is 0 Å². The van der Waals surface area contributed by atoms with Gasteiger partial charge in [0.1, 0.15) is 5.58 Å². The fraction of sp³-hybridized carbons (Fsp3) is 0. The highest BCUT2D eigenvalue weighted by Gasteiger charge is 2.08. The molecule has 2 aromatic heterocycles. The largest absolute Gasteiger partial charge is 0.438 e. The number of anilines is 1. The Bertz CT molecular complexity index is 907. The van der Waals surface area contributed by atoms with E-state index in [4.69, 9.17) is 10.2 Å². The van der Waals surface area contributed by atoms with E-state index in [1.54, 1.807) is 0 Å². The third kappa shape index (κ3) is 1.64. The van der Waals surface area contributed by atoms with E-state index in [0.717, 1.165) is 33.3 Å². The molecule has 20 heavy (non-hydrogen) atoms. The summed E-state index contributed by atoms with van der Waals surface area (Å²) in [6.45, 7) is 0. The van der Waals surface area contributed by atoms with Gasteiger partial charge in [0.2, 0.25) is 5.71 Å². The molecule has 2 heterocycles. The lowest BCUT2D eigenvalue weighted by Crippen LogP contribution is -1.86. The first-order valence-corrected chi connectivity index (χ1v) is 6.45. The smallest absolute Gasteiger partial charge is 0.227 e. The lowest BCUT2D eigenvalue weighted by molar-refractivity contribution is 0.654. The summed E-state index contributed by atoms with van der Waals surface area (Å²) in [4.78, 5) is 4.60. The van der Waals surface area contributed by atoms with Crippen molar-refractivity contribution >= 4 is 27.8 Å². The van der Waals surface area contributed by atoms with Crippen molar-refractivity contribution in [1.29, 1.82) is 0 Å². The van der Waals surface area contributed by atoms with Gasteiger partial charge < -0.3 is 10.2 Å². The highest BCUT2D eigenvalue weighted by Crippen LogP contribution is 2.29. The predicted octanol–water partition coefficient (Wildman–Crippen LogP) is 4.23. The molecule has 0 spiro atoms. The lowest BCUT2D eigenvalue weighted by atomic mass is 10.1. The zero-order chi connectivity index (χ0) is 13.5. The summed E-state index contributed by atoms with van der Waals surface area (Å²) in [5.41, 5.74) is 9.90. The molecular formula is C17H12N2O. The maximum Gasteiger partial charge on any atom is 0.227 e. The maximum atomic E-state index is 5.80. The van der Waals surface area contributed by atoms with Crippen LogP contribution >= 0.6 is 0 Å². The molecule has 4 aromatic rings. The summed E-state index contributed by atoms with van der Waals surface area (Å²) in [5, 5.41) is 2.14. The van der Waals surface area contributed by atoms with Crippen molar-refractivity contribution in [2.24, 2.45) is 0 Å². The minimum Gasteiger partial charge on any atom is -0.438 e. The molecule has 0 amide bonds. The van der Waals surface area contributed by atoms with Gasteiger partial charge in [-0.05, 0) is 30.3 Å². The molecule has 0 aliphatic carbocycles. The van der Waals surface area contributed by atoms with E-state index < -0.39 is 0 Å². The van der Waals surface area contributed by atoms with Crippen molar-refractivity contribution in [2.45, 2.75) is 0 Å². The molecule has 0 bridgehead atoms. The van der Waals surface area contributed by atoms with Crippen LogP contribution in [0.2, 0.25) is 0 Å². The molecule has 0 fully saturated rings. The number of nitrogen functional groups attached to an aromatic ring is 1. The zero-order valence-electron chi connectivity index (χ0n) is 10.7. The van der Waals surface area contributed by atoms with Gasteiger partial charge in [-0.15, -0.1) is 0 Å². The number of rotatable bonds is 1. The number of hydrogen-bond acceptors (Lipinski definition) is 3. The van der Waals surface area contributed by atoms with Gasteiger partial charge in [0.25, 0.3) is 0 Å². The third-order valence-electron chi connectivity index (χ3n) is 3.45. The first kappa shape index (κ1) is 11.1. The van der Waals surface area contributed by atoms with Gasteiger partial charge in [-0.2, -0.15) is 0 Å². The van der Waals surface area contributed by atoms with E-state index in [0.29, 0.717) is 5.71 Å². The highest BCUT2D eigenvalue weighted by molar-refractivity contribution is 6.03. The molecule has 2 N–H and O–H groups in total. The summed E-state index contributed by atoms with van der Waals surface area (Å²) < 4.78 is 5.80. The van der Waals surface area contributed by atoms with Crippen molar-refractivity contribution in [3.8, 4) is 11.3 Å². The van der Waals surface area contributed by atoms with Gasteiger partial charge in [-0.25, -0.2) is 4.98 Å². The number of fused-ring (bicyclic) bond motifs is 3. The number of benzene rings is 2. The van der Waals surface area contributed by atoms with Crippen molar-refractivity contribution in [3.63, 3.8) is 0 Å². The van der Waals surface area contributed by atoms with Crippen LogP contribution in [0.25, 0.3) is 33.3 Å². The molecule has 4 rings (SSSR count). The summed E-state index contributed by atoms with van der Waals surface area (Å²) in [6, 6.07) is 19.7. The molecule has 96 valence electrons. The minimum atomic E-state index is 0.667. The van der Waals surface area contributed by atoms with E-state index in [2.05, 4.69) is 11.1 Å². The van der Waals surface area contributed by atoms with Crippen LogP contribution in [0, 0.1) is 0 Å². The SMILES string of the molecule is Nc1ccc(-c2ccc3c(n2)oc2ccccc23)cc1. The number of pyridine rings is 1. The average molecular weight is 260 g/mol. The number of aromatic nitrogens is 1. The summed E-state index contributed by atoms with van der Waals surface area (Å²) in [5.74, 6) is 0. The monoisotopic (exact) mass is 260 g/mol. The maximum absolute atomic E-state index is 5.80. The van der Waals surface area contributed by atoms with Gasteiger partial charge in [0, 0.05) is 22.0 Å². The zero-order valence-corrected chi connectivity index (χ0v) is 10.7. The number of nitrogens with two attached hydrogens (primary N) is 1. The molecule has 3 nitrogen and oxygen atoms in total. The minimum absolute atomic E-state index is 0.667. The van der Waals surface area contributed by atoms with Crippen molar-refractivity contribution in [2.75, 3.05) is 5.73 Å². The second kappa shape index (κ2) is 4.10. The number of para-hydroxylation sites is 1. The van der Waals surface area contributed by atoms with Gasteiger partial charge >= 0.3 is 0 Å². The Morgan fingerprint density at radius 3 is 2.45 bits per heavy atom. The first-order valence-electron chi connectivity index (χ1n) is 6.45. The topological polar surface area (TPSA) is 52.0 Å². The van der Waals surface area contributed by atoms with E-state index >= 15 is 0 Å². The van der Waals surface area contributed by atoms with Crippen LogP contribution in [0.4, 0.5) is 5.69 Å². The normalized spacial score (nSPS) is 11.2. The Morgan fingerprint density at radius 2 is 1.60 bits per heavy atom. The number of hydrogen-bond donors (Lipinski definition) is 1. The standard InChI is InChI=1S/C17H12N2O/c18-12-7-5-11(6-8-12)15-10-9-14-13-3-1-2-4-16(13)20-17(14)19-15/h1-10H,18H2. The molecule has 3 heteroatoms. The quantitative estimate of drug-likeness (QED) is 0.521. The fourth-order valence-electron chi connectivity index (χ4n) is 2.42. The van der Waals surface area contributed by atoms with Crippen LogP contribution in [-0.2, 0) is 0 Å². The fourth-order valence-corrected chi connectivity index (χ4v) is 2.42. The Balaban J connectivity index is 1.94. The van der Waals surface area contributed by atoms with E-state index in [-0.39, 0.29) is 0 Å². The number of nitrogens with zero attached hydrogens (tertiary/aromatic N) is 1. The summed E-state index contributed by atoms with van der Waals surface area (Å²) in [7, 11) is 0. The molecular weight excluding hydrogens is 248 g/mol. The Morgan fingerprint density at radius 1 is 0.800 bits per heavy atom. The van der Waals surface area contributed by atoms with Gasteiger partial charge in [-0.1, -0.05) is 30.3 Å². The van der Waals surface area contributed by atoms with Crippen LogP contribution < -0.4 is 5.73 Å². The number of furan rings is 1. The van der Waals surface area contributed by atoms with Gasteiger partial charge in [0.05, 0.1) is 5.69 Å². The van der Waals surface area contributed by atoms with Gasteiger partial charge in [0.15, 0.2) is 0 Å². The average Bonchev–Trinajstić information content (AvgIpc) is 2.85. The van der Waals surface area contributed by atoms with Crippen LogP contribution in [-0.4, -0.2) is 4.98 Å². The molecule has 0 atom stereocenters. The molecule has 2 aromatic carbocycles. The second-order valence-corrected chi connectivity index (χ2v) is 4.77. The van der Waals surface area contributed by atoms with Crippen LogP contribution in [0.1, 0.15) is 0 Å². The van der Waals surface area contributed by atoms with Crippen molar-refractivity contribution in [3.05, 3.63) is 60.7 Å². The van der Waals surface area contributed by atoms with E-state index in [1.165, 1.54) is 0 Å². The van der Waals surface area contributed by atoms with Crippen LogP contribution in [0.15, 0.2) is 65.1 Å². The van der Waals surface area contributed by atoms with Gasteiger partial charge in [-0.3, -0.25) is 0 Å². The second-order valence-electron chi connectivity index (χ2n) is 4.77. The summed E-state index contributed by atoms with van der Waals surface area (Å²) >= 11 is 0. The van der Waals surface area contributed by atoms with E-state index in [1.807, 2.05) is 54.6 Å². The van der Waals surface area contributed by atoms with Crippen molar-refractivity contribution in [1.82, 2.24) is 4.98 Å². The Kier molecular flexibility index (Phi) is 2.27. The van der Waals surface area contributed by atoms with Crippen molar-refractivity contribution < 1.29 is 4.42 Å². The van der Waals surface area contributed by atoms with Crippen LogP contribution in [0.3, 0.4) is 0 Å². The third-order valence-corrected chi connectivity index (χ3v) is 3.45. The lowest BCUT2D eigenvalue weighted by Gasteiger charge is -2.01. The molecule has 0 aliphatic rings. The first-order chi connectivity index (χ1) is 9.81. The Labute approximate surface area is 115 Å². The molecule has 0 radical (unpaired) electrons. The summed E-state index contributed by atoms with van der Waals surface area (Å²) in [6.07, 6.45) is 0. The molecule has 0 unspecified atom stereocenters. The highest BCUT2D eigenvalue weighted by atomic mass is 16.3. The Hall–Kier alpha value is -2.81. The molecule has 0 saturated heterocycles. The predicted molar refractivity (Wildman–Crippen MR) is 81.4 cm³/mol. The van der Waals surface area contributed by atoms with Crippen LogP contribution in [0.5, 0.6) is 0 Å².